The summed E-state index contributed by atoms with van der Waals surface area (Å²) < 4.78 is 0. The maximum Gasteiger partial charge on any atom is 0.222 e. The Balaban J connectivity index is 2.09. The smallest absolute Gasteiger partial charge is 0.222 e. The first-order valence-electron chi connectivity index (χ1n) is 5.81. The zero-order chi connectivity index (χ0) is 12.8. The van der Waals surface area contributed by atoms with Crippen LogP contribution in [0.3, 0.4) is 0 Å². The van der Waals surface area contributed by atoms with Gasteiger partial charge < -0.3 is 16.2 Å². The summed E-state index contributed by atoms with van der Waals surface area (Å²) in [6.07, 6.45) is 2.37. The number of phenolic OH excluding ortho intramolecular Hbond substituents is 1. The molecule has 1 aromatic heterocycles. The Kier molecular flexibility index (Phi) is 4.09. The van der Waals surface area contributed by atoms with Gasteiger partial charge in [-0.25, -0.2) is 9.97 Å². The molecule has 0 saturated heterocycles. The second-order valence-corrected chi connectivity index (χ2v) is 3.93. The predicted molar refractivity (Wildman–Crippen MR) is 70.5 cm³/mol. The molecule has 5 nitrogen and oxygen atoms in total. The summed E-state index contributed by atoms with van der Waals surface area (Å²) in [7, 11) is 0. The van der Waals surface area contributed by atoms with Crippen molar-refractivity contribution in [3.63, 3.8) is 0 Å². The van der Waals surface area contributed by atoms with Gasteiger partial charge in [-0.1, -0.05) is 12.1 Å². The molecule has 0 spiro atoms. The topological polar surface area (TPSA) is 84.1 Å². The molecular weight excluding hydrogens is 228 g/mol. The van der Waals surface area contributed by atoms with Crippen LogP contribution in [0.25, 0.3) is 0 Å². The van der Waals surface area contributed by atoms with Gasteiger partial charge in [0.25, 0.3) is 0 Å². The molecule has 0 amide bonds. The number of aromatic nitrogens is 2. The average molecular weight is 244 g/mol. The van der Waals surface area contributed by atoms with E-state index in [0.717, 1.165) is 11.3 Å². The molecule has 4 N–H and O–H groups in total. The number of anilines is 1. The van der Waals surface area contributed by atoms with Gasteiger partial charge in [-0.3, -0.25) is 0 Å². The van der Waals surface area contributed by atoms with Crippen molar-refractivity contribution in [2.24, 2.45) is 5.73 Å². The lowest BCUT2D eigenvalue weighted by atomic mass is 10.1. The van der Waals surface area contributed by atoms with Crippen LogP contribution >= 0.6 is 0 Å². The maximum atomic E-state index is 9.40. The van der Waals surface area contributed by atoms with E-state index in [1.54, 1.807) is 18.3 Å². The van der Waals surface area contributed by atoms with Gasteiger partial charge in [0.1, 0.15) is 5.75 Å². The zero-order valence-corrected chi connectivity index (χ0v) is 10.0. The van der Waals surface area contributed by atoms with Crippen molar-refractivity contribution in [3.8, 4) is 5.75 Å². The number of hydrogen-bond donors (Lipinski definition) is 3. The van der Waals surface area contributed by atoms with Crippen LogP contribution in [0, 0.1) is 0 Å². The van der Waals surface area contributed by atoms with Crippen LogP contribution in [-0.2, 0) is 6.42 Å². The summed E-state index contributed by atoms with van der Waals surface area (Å²) in [6.45, 7) is 1.19. The van der Waals surface area contributed by atoms with Crippen LogP contribution in [0.5, 0.6) is 5.75 Å². The Labute approximate surface area is 106 Å². The molecule has 0 unspecified atom stereocenters. The van der Waals surface area contributed by atoms with E-state index in [1.807, 2.05) is 18.2 Å². The number of benzene rings is 1. The normalized spacial score (nSPS) is 10.3. The van der Waals surface area contributed by atoms with Gasteiger partial charge in [-0.05, 0) is 23.8 Å². The predicted octanol–water partition coefficient (Wildman–Crippen LogP) is 1.14. The van der Waals surface area contributed by atoms with Crippen LogP contribution in [0.2, 0.25) is 0 Å². The molecule has 0 aliphatic carbocycles. The van der Waals surface area contributed by atoms with Gasteiger partial charge in [0.05, 0.1) is 5.69 Å². The molecule has 5 heteroatoms. The standard InChI is InChI=1S/C13H16N4O/c14-5-7-16-13-15-6-4-11(17-13)8-10-2-1-3-12(18)9-10/h1-4,6,9,18H,5,7-8,14H2,(H,15,16,17). The van der Waals surface area contributed by atoms with E-state index in [4.69, 9.17) is 5.73 Å². The summed E-state index contributed by atoms with van der Waals surface area (Å²) in [6, 6.07) is 9.01. The molecule has 0 fully saturated rings. The first-order chi connectivity index (χ1) is 8.78. The highest BCUT2D eigenvalue weighted by Gasteiger charge is 2.01. The molecular formula is C13H16N4O. The minimum Gasteiger partial charge on any atom is -0.508 e. The van der Waals surface area contributed by atoms with Crippen LogP contribution in [0.1, 0.15) is 11.3 Å². The van der Waals surface area contributed by atoms with Crippen LogP contribution in [-0.4, -0.2) is 28.2 Å². The molecule has 1 heterocycles. The van der Waals surface area contributed by atoms with Gasteiger partial charge in [-0.15, -0.1) is 0 Å². The van der Waals surface area contributed by atoms with Gasteiger partial charge >= 0.3 is 0 Å². The maximum absolute atomic E-state index is 9.40. The highest BCUT2D eigenvalue weighted by atomic mass is 16.3. The van der Waals surface area contributed by atoms with Crippen molar-refractivity contribution in [2.75, 3.05) is 18.4 Å². The highest BCUT2D eigenvalue weighted by molar-refractivity contribution is 5.32. The fourth-order valence-electron chi connectivity index (χ4n) is 1.64. The number of hydrogen-bond acceptors (Lipinski definition) is 5. The van der Waals surface area contributed by atoms with Gasteiger partial charge in [0.15, 0.2) is 0 Å². The fraction of sp³-hybridized carbons (Fsp3) is 0.231. The third kappa shape index (κ3) is 3.43. The minimum atomic E-state index is 0.267. The molecule has 0 radical (unpaired) electrons. The Morgan fingerprint density at radius 2 is 2.17 bits per heavy atom. The Hall–Kier alpha value is -2.14. The van der Waals surface area contributed by atoms with Crippen molar-refractivity contribution in [2.45, 2.75) is 6.42 Å². The van der Waals surface area contributed by atoms with Gasteiger partial charge in [0.2, 0.25) is 5.95 Å². The minimum absolute atomic E-state index is 0.267. The van der Waals surface area contributed by atoms with E-state index in [0.29, 0.717) is 25.5 Å². The molecule has 0 aliphatic rings. The first-order valence-corrected chi connectivity index (χ1v) is 5.81. The lowest BCUT2D eigenvalue weighted by Gasteiger charge is -2.05. The number of rotatable bonds is 5. The van der Waals surface area contributed by atoms with Crippen LogP contribution in [0.15, 0.2) is 36.5 Å². The lowest BCUT2D eigenvalue weighted by molar-refractivity contribution is 0.474. The molecule has 0 bridgehead atoms. The van der Waals surface area contributed by atoms with Crippen molar-refractivity contribution < 1.29 is 5.11 Å². The van der Waals surface area contributed by atoms with E-state index in [9.17, 15) is 5.11 Å². The summed E-state index contributed by atoms with van der Waals surface area (Å²) in [5.74, 6) is 0.848. The Bertz CT molecular complexity index is 516. The summed E-state index contributed by atoms with van der Waals surface area (Å²) in [5, 5.41) is 12.4. The molecule has 2 aromatic rings. The third-order valence-corrected chi connectivity index (χ3v) is 2.44. The third-order valence-electron chi connectivity index (χ3n) is 2.44. The number of phenols is 1. The Morgan fingerprint density at radius 1 is 1.28 bits per heavy atom. The molecule has 0 saturated carbocycles. The highest BCUT2D eigenvalue weighted by Crippen LogP contribution is 2.14. The van der Waals surface area contributed by atoms with Crippen molar-refractivity contribution in [1.82, 2.24) is 9.97 Å². The van der Waals surface area contributed by atoms with E-state index in [-0.39, 0.29) is 5.75 Å². The Morgan fingerprint density at radius 3 is 2.94 bits per heavy atom. The average Bonchev–Trinajstić information content (AvgIpc) is 2.37. The number of aromatic hydroxyl groups is 1. The van der Waals surface area contributed by atoms with Crippen LogP contribution < -0.4 is 11.1 Å². The summed E-state index contributed by atoms with van der Waals surface area (Å²) in [5.41, 5.74) is 7.32. The van der Waals surface area contributed by atoms with Gasteiger partial charge in [0, 0.05) is 25.7 Å². The molecule has 94 valence electrons. The van der Waals surface area contributed by atoms with Crippen molar-refractivity contribution >= 4 is 5.95 Å². The largest absolute Gasteiger partial charge is 0.508 e. The molecule has 1 aromatic carbocycles. The second-order valence-electron chi connectivity index (χ2n) is 3.93. The van der Waals surface area contributed by atoms with E-state index >= 15 is 0 Å². The van der Waals surface area contributed by atoms with Crippen LogP contribution in [0.4, 0.5) is 5.95 Å². The van der Waals surface area contributed by atoms with E-state index in [1.165, 1.54) is 0 Å². The lowest BCUT2D eigenvalue weighted by Crippen LogP contribution is -2.15. The fourth-order valence-corrected chi connectivity index (χ4v) is 1.64. The quantitative estimate of drug-likeness (QED) is 0.734. The molecule has 0 atom stereocenters. The molecule has 18 heavy (non-hydrogen) atoms. The summed E-state index contributed by atoms with van der Waals surface area (Å²) in [4.78, 5) is 8.48. The van der Waals surface area contributed by atoms with Gasteiger partial charge in [-0.2, -0.15) is 0 Å². The SMILES string of the molecule is NCCNc1nccc(Cc2cccc(O)c2)n1. The van der Waals surface area contributed by atoms with E-state index < -0.39 is 0 Å². The van der Waals surface area contributed by atoms with E-state index in [2.05, 4.69) is 15.3 Å². The summed E-state index contributed by atoms with van der Waals surface area (Å²) >= 11 is 0. The second kappa shape index (κ2) is 5.97. The number of nitrogens with zero attached hydrogens (tertiary/aromatic N) is 2. The molecule has 2 rings (SSSR count). The first kappa shape index (κ1) is 12.3. The monoisotopic (exact) mass is 244 g/mol. The number of nitrogens with one attached hydrogen (secondary N) is 1. The number of nitrogens with two attached hydrogens (primary N) is 1. The zero-order valence-electron chi connectivity index (χ0n) is 10.0. The molecule has 0 aliphatic heterocycles. The van der Waals surface area contributed by atoms with Crippen molar-refractivity contribution in [3.05, 3.63) is 47.8 Å². The van der Waals surface area contributed by atoms with Crippen molar-refractivity contribution in [1.29, 1.82) is 0 Å².